The molecule has 0 spiro atoms. The van der Waals surface area contributed by atoms with Crippen molar-refractivity contribution in [2.75, 3.05) is 13.6 Å². The monoisotopic (exact) mass is 506 g/mol. The highest BCUT2D eigenvalue weighted by Crippen LogP contribution is 2.30. The van der Waals surface area contributed by atoms with E-state index in [-0.39, 0.29) is 36.1 Å². The topological polar surface area (TPSA) is 70.0 Å². The normalized spacial score (nSPS) is 12.1. The van der Waals surface area contributed by atoms with Crippen LogP contribution < -0.4 is 10.6 Å². The molecule has 0 bridgehead atoms. The molecule has 0 aliphatic carbocycles. The molecule has 0 saturated heterocycles. The lowest BCUT2D eigenvalue weighted by Crippen LogP contribution is -2.38. The summed E-state index contributed by atoms with van der Waals surface area (Å²) in [5.41, 5.74) is 1.43. The molecular weight excluding hydrogens is 484 g/mol. The summed E-state index contributed by atoms with van der Waals surface area (Å²) in [4.78, 5) is 7.28. The quantitative estimate of drug-likeness (QED) is 0.282. The maximum Gasteiger partial charge on any atom is 0.435 e. The first-order valence-electron chi connectivity index (χ1n) is 8.47. The molecule has 2 heterocycles. The summed E-state index contributed by atoms with van der Waals surface area (Å²) in [6, 6.07) is 8.02. The van der Waals surface area contributed by atoms with Gasteiger partial charge in [-0.05, 0) is 18.1 Å². The van der Waals surface area contributed by atoms with Gasteiger partial charge in [-0.15, -0.1) is 24.0 Å². The van der Waals surface area contributed by atoms with Crippen LogP contribution in [0.25, 0.3) is 10.9 Å². The van der Waals surface area contributed by atoms with Crippen molar-refractivity contribution >= 4 is 40.8 Å². The van der Waals surface area contributed by atoms with E-state index in [4.69, 9.17) is 0 Å². The molecule has 3 aromatic rings. The molecule has 3 N–H and O–H groups in total. The van der Waals surface area contributed by atoms with Crippen molar-refractivity contribution in [3.8, 4) is 0 Å². The second-order valence-electron chi connectivity index (χ2n) is 6.14. The predicted octanol–water partition coefficient (Wildman–Crippen LogP) is 3.45. The second kappa shape index (κ2) is 9.30. The minimum atomic E-state index is -4.48. The fraction of sp³-hybridized carbons (Fsp3) is 0.333. The Balaban J connectivity index is 0.00000280. The maximum atomic E-state index is 13.0. The average molecular weight is 506 g/mol. The van der Waals surface area contributed by atoms with Gasteiger partial charge >= 0.3 is 6.18 Å². The summed E-state index contributed by atoms with van der Waals surface area (Å²) in [5.74, 6) is 0.437. The Hall–Kier alpha value is -2.24. The minimum absolute atomic E-state index is 0. The third-order valence-corrected chi connectivity index (χ3v) is 4.20. The molecule has 0 aliphatic heterocycles. The van der Waals surface area contributed by atoms with Gasteiger partial charge in [-0.25, -0.2) is 0 Å². The van der Waals surface area contributed by atoms with E-state index in [1.165, 1.54) is 18.8 Å². The van der Waals surface area contributed by atoms with Gasteiger partial charge < -0.3 is 15.6 Å². The number of fused-ring (bicyclic) bond motifs is 1. The van der Waals surface area contributed by atoms with Crippen molar-refractivity contribution in [2.24, 2.45) is 12.0 Å². The number of halogens is 4. The molecular formula is C18H22F3IN6. The van der Waals surface area contributed by atoms with Gasteiger partial charge in [0.1, 0.15) is 0 Å². The fourth-order valence-corrected chi connectivity index (χ4v) is 2.96. The fourth-order valence-electron chi connectivity index (χ4n) is 2.96. The van der Waals surface area contributed by atoms with E-state index in [2.05, 4.69) is 31.8 Å². The van der Waals surface area contributed by atoms with Gasteiger partial charge in [-0.3, -0.25) is 9.67 Å². The lowest BCUT2D eigenvalue weighted by Gasteiger charge is -2.12. The molecule has 10 heteroatoms. The molecule has 0 amide bonds. The van der Waals surface area contributed by atoms with E-state index >= 15 is 0 Å². The predicted molar refractivity (Wildman–Crippen MR) is 114 cm³/mol. The van der Waals surface area contributed by atoms with Crippen LogP contribution in [0, 0.1) is 0 Å². The number of aromatic amines is 1. The summed E-state index contributed by atoms with van der Waals surface area (Å²) < 4.78 is 40.2. The number of guanidine groups is 1. The molecule has 152 valence electrons. The van der Waals surface area contributed by atoms with E-state index in [0.717, 1.165) is 22.0 Å². The number of aliphatic imine (C=N–C) groups is 1. The third kappa shape index (κ3) is 5.18. The number of aromatic nitrogens is 3. The number of benzene rings is 1. The number of hydrogen-bond acceptors (Lipinski definition) is 2. The lowest BCUT2D eigenvalue weighted by atomic mass is 10.1. The Kier molecular flexibility index (Phi) is 7.33. The van der Waals surface area contributed by atoms with Gasteiger partial charge in [0.05, 0.1) is 0 Å². The number of nitrogens with zero attached hydrogens (tertiary/aromatic N) is 3. The Bertz CT molecular complexity index is 944. The van der Waals surface area contributed by atoms with Gasteiger partial charge in [0.2, 0.25) is 0 Å². The van der Waals surface area contributed by atoms with Crippen LogP contribution in [0.1, 0.15) is 16.8 Å². The van der Waals surface area contributed by atoms with Gasteiger partial charge in [-0.1, -0.05) is 18.2 Å². The number of alkyl halides is 3. The van der Waals surface area contributed by atoms with Gasteiger partial charge in [0.25, 0.3) is 0 Å². The molecule has 0 radical (unpaired) electrons. The van der Waals surface area contributed by atoms with Crippen LogP contribution in [0.3, 0.4) is 0 Å². The molecule has 3 rings (SSSR count). The van der Waals surface area contributed by atoms with Crippen LogP contribution in [0.2, 0.25) is 0 Å². The van der Waals surface area contributed by atoms with E-state index in [1.807, 2.05) is 24.4 Å². The summed E-state index contributed by atoms with van der Waals surface area (Å²) in [5, 5.41) is 10.7. The van der Waals surface area contributed by atoms with Gasteiger partial charge in [-0.2, -0.15) is 18.3 Å². The molecule has 6 nitrogen and oxygen atoms in total. The number of hydrogen-bond donors (Lipinski definition) is 3. The summed E-state index contributed by atoms with van der Waals surface area (Å²) >= 11 is 0. The standard InChI is InChI=1S/C18H21F3N6.HI/c1-22-17(25-10-13-11-27(2)26-16(13)18(19,20)21)23-8-7-12-9-24-15-6-4-3-5-14(12)15;/h3-6,9,11,24H,7-8,10H2,1-2H3,(H2,22,23,25);1H. The molecule has 2 aromatic heterocycles. The van der Waals surface area contributed by atoms with E-state index in [1.54, 1.807) is 7.05 Å². The van der Waals surface area contributed by atoms with Gasteiger partial charge in [0, 0.05) is 56.0 Å². The first-order valence-corrected chi connectivity index (χ1v) is 8.47. The van der Waals surface area contributed by atoms with Crippen molar-refractivity contribution in [1.82, 2.24) is 25.4 Å². The first kappa shape index (κ1) is 22.1. The Morgan fingerprint density at radius 1 is 1.21 bits per heavy atom. The van der Waals surface area contributed by atoms with Crippen LogP contribution in [-0.2, 0) is 26.2 Å². The average Bonchev–Trinajstić information content (AvgIpc) is 3.21. The van der Waals surface area contributed by atoms with Crippen molar-refractivity contribution in [3.63, 3.8) is 0 Å². The van der Waals surface area contributed by atoms with E-state index < -0.39 is 11.9 Å². The molecule has 1 aromatic carbocycles. The second-order valence-corrected chi connectivity index (χ2v) is 6.14. The van der Waals surface area contributed by atoms with Gasteiger partial charge in [0.15, 0.2) is 11.7 Å². The van der Waals surface area contributed by atoms with E-state index in [0.29, 0.717) is 12.5 Å². The van der Waals surface area contributed by atoms with Crippen LogP contribution in [0.15, 0.2) is 41.7 Å². The number of rotatable bonds is 5. The molecule has 0 fully saturated rings. The number of para-hydroxylation sites is 1. The van der Waals surface area contributed by atoms with Crippen molar-refractivity contribution in [1.29, 1.82) is 0 Å². The van der Waals surface area contributed by atoms with Crippen molar-refractivity contribution < 1.29 is 13.2 Å². The summed E-state index contributed by atoms with van der Waals surface area (Å²) in [6.07, 6.45) is -0.404. The van der Waals surface area contributed by atoms with E-state index in [9.17, 15) is 13.2 Å². The zero-order valence-electron chi connectivity index (χ0n) is 15.5. The third-order valence-electron chi connectivity index (χ3n) is 4.20. The smallest absolute Gasteiger partial charge is 0.361 e. The molecule has 28 heavy (non-hydrogen) atoms. The number of aryl methyl sites for hydroxylation is 1. The largest absolute Gasteiger partial charge is 0.435 e. The number of H-pyrrole nitrogens is 1. The van der Waals surface area contributed by atoms with Crippen LogP contribution >= 0.6 is 24.0 Å². The Labute approximate surface area is 177 Å². The maximum absolute atomic E-state index is 13.0. The molecule has 0 aliphatic rings. The zero-order chi connectivity index (χ0) is 19.4. The highest BCUT2D eigenvalue weighted by Gasteiger charge is 2.36. The highest BCUT2D eigenvalue weighted by atomic mass is 127. The summed E-state index contributed by atoms with van der Waals surface area (Å²) in [6.45, 7) is 0.579. The Morgan fingerprint density at radius 3 is 2.68 bits per heavy atom. The molecule has 0 unspecified atom stereocenters. The number of nitrogens with one attached hydrogen (secondary N) is 3. The SMILES string of the molecule is CN=C(NCCc1c[nH]c2ccccc12)NCc1cn(C)nc1C(F)(F)F.I. The van der Waals surface area contributed by atoms with Crippen LogP contribution in [0.4, 0.5) is 13.2 Å². The molecule has 0 atom stereocenters. The first-order chi connectivity index (χ1) is 12.9. The van der Waals surface area contributed by atoms with Crippen LogP contribution in [0.5, 0.6) is 0 Å². The zero-order valence-corrected chi connectivity index (χ0v) is 17.8. The summed E-state index contributed by atoms with van der Waals surface area (Å²) in [7, 11) is 3.04. The Morgan fingerprint density at radius 2 is 1.96 bits per heavy atom. The molecule has 0 saturated carbocycles. The lowest BCUT2D eigenvalue weighted by molar-refractivity contribution is -0.142. The van der Waals surface area contributed by atoms with Crippen molar-refractivity contribution in [3.05, 3.63) is 53.5 Å². The highest BCUT2D eigenvalue weighted by molar-refractivity contribution is 14.0. The van der Waals surface area contributed by atoms with Crippen LogP contribution in [-0.4, -0.2) is 34.3 Å². The van der Waals surface area contributed by atoms with Crippen molar-refractivity contribution in [2.45, 2.75) is 19.1 Å². The minimum Gasteiger partial charge on any atom is -0.361 e.